The van der Waals surface area contributed by atoms with Gasteiger partial charge in [0.15, 0.2) is 5.78 Å². The number of ketones is 1. The number of ether oxygens (including phenoxy) is 1. The maximum Gasteiger partial charge on any atom is 0.158 e. The highest BCUT2D eigenvalue weighted by molar-refractivity contribution is 6.93. The van der Waals surface area contributed by atoms with Gasteiger partial charge >= 0.3 is 0 Å². The van der Waals surface area contributed by atoms with Gasteiger partial charge in [-0.05, 0) is 19.1 Å². The summed E-state index contributed by atoms with van der Waals surface area (Å²) in [5, 5.41) is 1.22. The smallest absolute Gasteiger partial charge is 0.158 e. The van der Waals surface area contributed by atoms with E-state index in [9.17, 15) is 4.79 Å². The van der Waals surface area contributed by atoms with Crippen LogP contribution in [-0.4, -0.2) is 24.7 Å². The Morgan fingerprint density at radius 1 is 1.22 bits per heavy atom. The zero-order chi connectivity index (χ0) is 13.0. The fraction of sp³-hybridized carbons (Fsp3) is 0.400. The molecule has 1 fully saturated rings. The van der Waals surface area contributed by atoms with Crippen molar-refractivity contribution in [1.29, 1.82) is 0 Å². The lowest BCUT2D eigenvalue weighted by Gasteiger charge is -2.29. The molecule has 0 N–H and O–H groups in total. The fourth-order valence-electron chi connectivity index (χ4n) is 3.13. The minimum Gasteiger partial charge on any atom is -0.361 e. The van der Waals surface area contributed by atoms with Gasteiger partial charge in [-0.2, -0.15) is 0 Å². The largest absolute Gasteiger partial charge is 0.361 e. The highest BCUT2D eigenvalue weighted by atomic mass is 28.3. The number of hydrogen-bond donors (Lipinski definition) is 0. The summed E-state index contributed by atoms with van der Waals surface area (Å²) in [5.41, 5.74) is -0.310. The quantitative estimate of drug-likeness (QED) is 0.601. The molecule has 1 heterocycles. The van der Waals surface area contributed by atoms with Crippen molar-refractivity contribution >= 4 is 19.0 Å². The third-order valence-corrected chi connectivity index (χ3v) is 9.50. The normalized spacial score (nSPS) is 34.3. The molecule has 1 unspecified atom stereocenters. The fourth-order valence-corrected chi connectivity index (χ4v) is 6.37. The van der Waals surface area contributed by atoms with Crippen molar-refractivity contribution < 1.29 is 9.53 Å². The van der Waals surface area contributed by atoms with Gasteiger partial charge in [-0.3, -0.25) is 4.79 Å². The molecule has 1 aromatic carbocycles. The van der Waals surface area contributed by atoms with Crippen LogP contribution >= 0.6 is 0 Å². The van der Waals surface area contributed by atoms with Crippen molar-refractivity contribution in [3.8, 4) is 0 Å². The van der Waals surface area contributed by atoms with Crippen LogP contribution in [0.2, 0.25) is 13.1 Å². The first-order valence-corrected chi connectivity index (χ1v) is 9.39. The summed E-state index contributed by atoms with van der Waals surface area (Å²) < 4.78 is 6.10. The first-order chi connectivity index (χ1) is 8.41. The van der Waals surface area contributed by atoms with Crippen molar-refractivity contribution in [2.45, 2.75) is 37.3 Å². The van der Waals surface area contributed by atoms with Gasteiger partial charge in [-0.1, -0.05) is 48.6 Å². The van der Waals surface area contributed by atoms with Crippen LogP contribution in [0.3, 0.4) is 0 Å². The van der Waals surface area contributed by atoms with E-state index in [0.29, 0.717) is 6.42 Å². The number of epoxide rings is 1. The van der Waals surface area contributed by atoms with Crippen LogP contribution in [0.15, 0.2) is 42.5 Å². The van der Waals surface area contributed by atoms with Gasteiger partial charge in [-0.15, -0.1) is 0 Å². The number of allylic oxidation sites excluding steroid dienone is 1. The molecule has 0 saturated carbocycles. The first-order valence-electron chi connectivity index (χ1n) is 6.39. The summed E-state index contributed by atoms with van der Waals surface area (Å²) >= 11 is 0. The zero-order valence-electron chi connectivity index (χ0n) is 11.1. The molecule has 3 rings (SSSR count). The lowest BCUT2D eigenvalue weighted by Crippen LogP contribution is -2.56. The summed E-state index contributed by atoms with van der Waals surface area (Å²) in [4.78, 5) is 11.5. The lowest BCUT2D eigenvalue weighted by molar-refractivity contribution is -0.114. The Labute approximate surface area is 109 Å². The Balaban J connectivity index is 1.97. The number of carbonyl (C=O) groups is 1. The molecule has 94 valence electrons. The summed E-state index contributed by atoms with van der Waals surface area (Å²) in [6.07, 6.45) is 4.18. The Hall–Kier alpha value is -1.19. The van der Waals surface area contributed by atoms with Crippen LogP contribution in [-0.2, 0) is 9.53 Å². The molecule has 0 radical (unpaired) electrons. The standard InChI is InChI=1S/C15H18O2Si/c1-14(15(17-14)10-9-12(16)11-15)18(2,3)13-7-5-4-6-8-13/h4-10H,11H2,1-3H3/t14?,15-/m0/s1. The highest BCUT2D eigenvalue weighted by Gasteiger charge is 2.74. The Bertz CT molecular complexity index is 535. The van der Waals surface area contributed by atoms with Gasteiger partial charge in [0.1, 0.15) is 13.7 Å². The van der Waals surface area contributed by atoms with Crippen molar-refractivity contribution in [3.05, 3.63) is 42.5 Å². The van der Waals surface area contributed by atoms with Crippen LogP contribution in [0.25, 0.3) is 0 Å². The van der Waals surface area contributed by atoms with E-state index in [1.54, 1.807) is 6.08 Å². The van der Waals surface area contributed by atoms with Crippen LogP contribution in [0.5, 0.6) is 0 Å². The summed E-state index contributed by atoms with van der Waals surface area (Å²) in [6, 6.07) is 10.6. The van der Waals surface area contributed by atoms with Crippen LogP contribution in [0.1, 0.15) is 13.3 Å². The molecule has 0 aromatic heterocycles. The minimum absolute atomic E-state index is 0.163. The van der Waals surface area contributed by atoms with Gasteiger partial charge in [-0.25, -0.2) is 0 Å². The maximum absolute atomic E-state index is 11.5. The van der Waals surface area contributed by atoms with E-state index in [2.05, 4.69) is 44.3 Å². The molecule has 1 aliphatic heterocycles. The third kappa shape index (κ3) is 1.35. The second-order valence-corrected chi connectivity index (χ2v) is 10.8. The molecule has 0 bridgehead atoms. The molecule has 3 heteroatoms. The number of hydrogen-bond acceptors (Lipinski definition) is 2. The summed E-state index contributed by atoms with van der Waals surface area (Å²) in [6.45, 7) is 6.83. The van der Waals surface area contributed by atoms with E-state index in [1.807, 2.05) is 12.1 Å². The molecule has 1 spiro atoms. The van der Waals surface area contributed by atoms with E-state index >= 15 is 0 Å². The van der Waals surface area contributed by atoms with E-state index < -0.39 is 8.07 Å². The molecule has 0 amide bonds. The molecular weight excluding hydrogens is 240 g/mol. The average Bonchev–Trinajstić information content (AvgIpc) is 2.75. The van der Waals surface area contributed by atoms with Crippen LogP contribution in [0.4, 0.5) is 0 Å². The second-order valence-electron chi connectivity index (χ2n) is 5.99. The Morgan fingerprint density at radius 2 is 1.89 bits per heavy atom. The number of benzene rings is 1. The number of carbonyl (C=O) groups excluding carboxylic acids is 1. The molecule has 1 saturated heterocycles. The minimum atomic E-state index is -1.76. The van der Waals surface area contributed by atoms with E-state index in [4.69, 9.17) is 4.74 Å². The second kappa shape index (κ2) is 3.43. The SMILES string of the molecule is CC1([Si](C)(C)c2ccccc2)O[C@]12C=CC(=O)C2. The molecule has 2 aliphatic rings. The zero-order valence-corrected chi connectivity index (χ0v) is 12.1. The van der Waals surface area contributed by atoms with Crippen molar-refractivity contribution in [3.63, 3.8) is 0 Å². The monoisotopic (exact) mass is 258 g/mol. The van der Waals surface area contributed by atoms with Gasteiger partial charge in [0.25, 0.3) is 0 Å². The van der Waals surface area contributed by atoms with Crippen molar-refractivity contribution in [2.75, 3.05) is 0 Å². The van der Waals surface area contributed by atoms with E-state index in [1.165, 1.54) is 5.19 Å². The molecule has 1 aromatic rings. The summed E-state index contributed by atoms with van der Waals surface area (Å²) in [7, 11) is -1.76. The van der Waals surface area contributed by atoms with E-state index in [0.717, 1.165) is 0 Å². The van der Waals surface area contributed by atoms with Gasteiger partial charge < -0.3 is 4.74 Å². The van der Waals surface area contributed by atoms with Gasteiger partial charge in [0.2, 0.25) is 0 Å². The number of rotatable bonds is 2. The Kier molecular flexibility index (Phi) is 2.26. The predicted octanol–water partition coefficient (Wildman–Crippen LogP) is 2.20. The first kappa shape index (κ1) is 11.9. The third-order valence-electron chi connectivity index (χ3n) is 4.82. The molecule has 1 aliphatic carbocycles. The topological polar surface area (TPSA) is 29.6 Å². The average molecular weight is 258 g/mol. The van der Waals surface area contributed by atoms with Crippen molar-refractivity contribution in [2.24, 2.45) is 0 Å². The molecule has 2 nitrogen and oxygen atoms in total. The lowest BCUT2D eigenvalue weighted by atomic mass is 10.1. The molecular formula is C15H18O2Si. The predicted molar refractivity (Wildman–Crippen MR) is 74.5 cm³/mol. The highest BCUT2D eigenvalue weighted by Crippen LogP contribution is 2.58. The Morgan fingerprint density at radius 3 is 2.44 bits per heavy atom. The molecule has 2 atom stereocenters. The molecule has 18 heavy (non-hydrogen) atoms. The maximum atomic E-state index is 11.5. The van der Waals surface area contributed by atoms with Crippen LogP contribution < -0.4 is 5.19 Å². The summed E-state index contributed by atoms with van der Waals surface area (Å²) in [5.74, 6) is 0.191. The van der Waals surface area contributed by atoms with E-state index in [-0.39, 0.29) is 16.6 Å². The van der Waals surface area contributed by atoms with Crippen molar-refractivity contribution in [1.82, 2.24) is 0 Å². The van der Waals surface area contributed by atoms with Gasteiger partial charge in [0.05, 0.1) is 5.22 Å². The van der Waals surface area contributed by atoms with Gasteiger partial charge in [0, 0.05) is 6.42 Å². The van der Waals surface area contributed by atoms with Crippen LogP contribution in [0, 0.1) is 0 Å².